The number of hydrogen-bond donors (Lipinski definition) is 2. The zero-order valence-electron chi connectivity index (χ0n) is 7.21. The lowest BCUT2D eigenvalue weighted by Gasteiger charge is -2.13. The lowest BCUT2D eigenvalue weighted by molar-refractivity contribution is -0.137. The van der Waals surface area contributed by atoms with E-state index in [9.17, 15) is 4.79 Å². The van der Waals surface area contributed by atoms with Crippen molar-refractivity contribution in [3.63, 3.8) is 0 Å². The van der Waals surface area contributed by atoms with E-state index in [1.165, 1.54) is 0 Å². The maximum atomic E-state index is 10.2. The van der Waals surface area contributed by atoms with Crippen molar-refractivity contribution in [3.05, 3.63) is 0 Å². The minimum absolute atomic E-state index is 0.0876. The number of carbonyl (C=O) groups is 1. The zero-order valence-corrected chi connectivity index (χ0v) is 7.21. The molecule has 0 rings (SSSR count). The SMILES string of the molecule is CCC(C)CC(N)CC(=O)O. The number of hydrogen-bond acceptors (Lipinski definition) is 2. The molecule has 3 nitrogen and oxygen atoms in total. The predicted molar refractivity (Wildman–Crippen MR) is 44.3 cm³/mol. The summed E-state index contributed by atoms with van der Waals surface area (Å²) in [4.78, 5) is 10.2. The van der Waals surface area contributed by atoms with Gasteiger partial charge in [0.1, 0.15) is 0 Å². The third-order valence-electron chi connectivity index (χ3n) is 1.84. The van der Waals surface area contributed by atoms with Gasteiger partial charge in [0, 0.05) is 6.04 Å². The van der Waals surface area contributed by atoms with Crippen LogP contribution in [0.4, 0.5) is 0 Å². The van der Waals surface area contributed by atoms with Gasteiger partial charge in [0.15, 0.2) is 0 Å². The van der Waals surface area contributed by atoms with Crippen LogP contribution in [0, 0.1) is 5.92 Å². The molecule has 3 heteroatoms. The normalized spacial score (nSPS) is 15.9. The summed E-state index contributed by atoms with van der Waals surface area (Å²) in [6.07, 6.45) is 1.96. The van der Waals surface area contributed by atoms with Crippen LogP contribution in [-0.4, -0.2) is 17.1 Å². The van der Waals surface area contributed by atoms with Gasteiger partial charge in [-0.2, -0.15) is 0 Å². The Labute approximate surface area is 67.6 Å². The van der Waals surface area contributed by atoms with Crippen LogP contribution in [0.15, 0.2) is 0 Å². The highest BCUT2D eigenvalue weighted by atomic mass is 16.4. The number of aliphatic carboxylic acids is 1. The molecule has 11 heavy (non-hydrogen) atoms. The molecule has 2 unspecified atom stereocenters. The average Bonchev–Trinajstić information content (AvgIpc) is 1.85. The van der Waals surface area contributed by atoms with Gasteiger partial charge in [-0.05, 0) is 12.3 Å². The van der Waals surface area contributed by atoms with Crippen LogP contribution in [0.25, 0.3) is 0 Å². The van der Waals surface area contributed by atoms with Crippen LogP contribution in [0.2, 0.25) is 0 Å². The lowest BCUT2D eigenvalue weighted by Crippen LogP contribution is -2.25. The number of carboxylic acids is 1. The van der Waals surface area contributed by atoms with Crippen molar-refractivity contribution < 1.29 is 9.90 Å². The van der Waals surface area contributed by atoms with E-state index in [1.807, 2.05) is 0 Å². The Morgan fingerprint density at radius 1 is 1.64 bits per heavy atom. The summed E-state index contributed by atoms with van der Waals surface area (Å²) in [5.74, 6) is -0.273. The molecule has 0 amide bonds. The second kappa shape index (κ2) is 5.13. The molecule has 0 saturated carbocycles. The third-order valence-corrected chi connectivity index (χ3v) is 1.84. The van der Waals surface area contributed by atoms with Crippen molar-refractivity contribution in [1.82, 2.24) is 0 Å². The van der Waals surface area contributed by atoms with Crippen LogP contribution in [0.1, 0.15) is 33.1 Å². The largest absolute Gasteiger partial charge is 0.481 e. The molecule has 0 aliphatic carbocycles. The molecular formula is C8H17NO2. The molecule has 66 valence electrons. The van der Waals surface area contributed by atoms with Gasteiger partial charge in [0.25, 0.3) is 0 Å². The number of nitrogens with two attached hydrogens (primary N) is 1. The summed E-state index contributed by atoms with van der Waals surface area (Å²) < 4.78 is 0. The topological polar surface area (TPSA) is 63.3 Å². The molecule has 0 fully saturated rings. The highest BCUT2D eigenvalue weighted by Gasteiger charge is 2.10. The second-order valence-corrected chi connectivity index (χ2v) is 3.11. The van der Waals surface area contributed by atoms with Gasteiger partial charge in [-0.15, -0.1) is 0 Å². The third kappa shape index (κ3) is 5.85. The zero-order chi connectivity index (χ0) is 8.85. The summed E-state index contributed by atoms with van der Waals surface area (Å²) in [6.45, 7) is 4.17. The Hall–Kier alpha value is -0.570. The quantitative estimate of drug-likeness (QED) is 0.634. The van der Waals surface area contributed by atoms with Crippen molar-refractivity contribution in [1.29, 1.82) is 0 Å². The van der Waals surface area contributed by atoms with Gasteiger partial charge in [-0.1, -0.05) is 20.3 Å². The minimum Gasteiger partial charge on any atom is -0.481 e. The molecule has 0 aromatic heterocycles. The number of carboxylic acid groups (broad SMARTS) is 1. The van der Waals surface area contributed by atoms with Gasteiger partial charge in [-0.25, -0.2) is 0 Å². The van der Waals surface area contributed by atoms with E-state index in [1.54, 1.807) is 0 Å². The van der Waals surface area contributed by atoms with Crippen LogP contribution in [-0.2, 0) is 4.79 Å². The second-order valence-electron chi connectivity index (χ2n) is 3.11. The highest BCUT2D eigenvalue weighted by molar-refractivity contribution is 5.67. The predicted octanol–water partition coefficient (Wildman–Crippen LogP) is 1.22. The fourth-order valence-corrected chi connectivity index (χ4v) is 0.991. The van der Waals surface area contributed by atoms with Crippen LogP contribution >= 0.6 is 0 Å². The lowest BCUT2D eigenvalue weighted by atomic mass is 9.98. The van der Waals surface area contributed by atoms with E-state index in [4.69, 9.17) is 10.8 Å². The standard InChI is InChI=1S/C8H17NO2/c1-3-6(2)4-7(9)5-8(10)11/h6-7H,3-5,9H2,1-2H3,(H,10,11). The molecule has 0 saturated heterocycles. The van der Waals surface area contributed by atoms with E-state index in [-0.39, 0.29) is 12.5 Å². The van der Waals surface area contributed by atoms with Gasteiger partial charge in [-0.3, -0.25) is 4.79 Å². The smallest absolute Gasteiger partial charge is 0.304 e. The van der Waals surface area contributed by atoms with Crippen molar-refractivity contribution in [3.8, 4) is 0 Å². The summed E-state index contributed by atoms with van der Waals surface area (Å²) >= 11 is 0. The summed E-state index contributed by atoms with van der Waals surface area (Å²) in [5.41, 5.74) is 5.57. The molecule has 0 bridgehead atoms. The van der Waals surface area contributed by atoms with Crippen LogP contribution < -0.4 is 5.73 Å². The molecule has 0 aromatic rings. The van der Waals surface area contributed by atoms with Crippen molar-refractivity contribution in [2.75, 3.05) is 0 Å². The number of rotatable bonds is 5. The summed E-state index contributed by atoms with van der Waals surface area (Å²) in [6, 6.07) is -0.178. The Bertz CT molecular complexity index is 125. The molecular weight excluding hydrogens is 142 g/mol. The van der Waals surface area contributed by atoms with Crippen LogP contribution in [0.3, 0.4) is 0 Å². The maximum absolute atomic E-state index is 10.2. The summed E-state index contributed by atoms with van der Waals surface area (Å²) in [5, 5.41) is 8.39. The van der Waals surface area contributed by atoms with Gasteiger partial charge in [0.2, 0.25) is 0 Å². The molecule has 0 spiro atoms. The van der Waals surface area contributed by atoms with Crippen molar-refractivity contribution in [2.45, 2.75) is 39.2 Å². The van der Waals surface area contributed by atoms with Gasteiger partial charge < -0.3 is 10.8 Å². The maximum Gasteiger partial charge on any atom is 0.304 e. The van der Waals surface area contributed by atoms with E-state index < -0.39 is 5.97 Å². The van der Waals surface area contributed by atoms with Crippen molar-refractivity contribution >= 4 is 5.97 Å². The van der Waals surface area contributed by atoms with E-state index in [2.05, 4.69) is 13.8 Å². The molecule has 2 atom stereocenters. The monoisotopic (exact) mass is 159 g/mol. The first-order valence-electron chi connectivity index (χ1n) is 4.03. The molecule has 0 aliphatic heterocycles. The van der Waals surface area contributed by atoms with Crippen LogP contribution in [0.5, 0.6) is 0 Å². The molecule has 0 aromatic carbocycles. The average molecular weight is 159 g/mol. The first kappa shape index (κ1) is 10.4. The molecule has 0 heterocycles. The Kier molecular flexibility index (Phi) is 4.86. The fraction of sp³-hybridized carbons (Fsp3) is 0.875. The minimum atomic E-state index is -0.805. The van der Waals surface area contributed by atoms with E-state index in [0.29, 0.717) is 5.92 Å². The highest BCUT2D eigenvalue weighted by Crippen LogP contribution is 2.09. The molecule has 0 aliphatic rings. The molecule has 0 radical (unpaired) electrons. The Balaban J connectivity index is 3.51. The van der Waals surface area contributed by atoms with E-state index in [0.717, 1.165) is 12.8 Å². The first-order valence-corrected chi connectivity index (χ1v) is 4.03. The summed E-state index contributed by atoms with van der Waals surface area (Å²) in [7, 11) is 0. The van der Waals surface area contributed by atoms with Gasteiger partial charge >= 0.3 is 5.97 Å². The van der Waals surface area contributed by atoms with Gasteiger partial charge in [0.05, 0.1) is 6.42 Å². The Morgan fingerprint density at radius 3 is 2.55 bits per heavy atom. The molecule has 3 N–H and O–H groups in total. The van der Waals surface area contributed by atoms with E-state index >= 15 is 0 Å². The Morgan fingerprint density at radius 2 is 2.18 bits per heavy atom. The fourth-order valence-electron chi connectivity index (χ4n) is 0.991. The first-order chi connectivity index (χ1) is 5.06. The van der Waals surface area contributed by atoms with Crippen molar-refractivity contribution in [2.24, 2.45) is 11.7 Å².